The number of rotatable bonds is 2. The number of fused-ring (bicyclic) bond motifs is 3. The van der Waals surface area contributed by atoms with Crippen molar-refractivity contribution < 1.29 is 9.53 Å². The second kappa shape index (κ2) is 4.31. The molecule has 0 saturated carbocycles. The van der Waals surface area contributed by atoms with Crippen LogP contribution in [0.4, 0.5) is 0 Å². The number of aromatic nitrogens is 2. The molecule has 2 heterocycles. The van der Waals surface area contributed by atoms with E-state index in [4.69, 9.17) is 4.74 Å². The zero-order valence-corrected chi connectivity index (χ0v) is 11.2. The summed E-state index contributed by atoms with van der Waals surface area (Å²) in [5.41, 5.74) is 2.86. The lowest BCUT2D eigenvalue weighted by atomic mass is 9.85. The Morgan fingerprint density at radius 3 is 3.06 bits per heavy atom. The Labute approximate surface area is 109 Å². The second-order valence-electron chi connectivity index (χ2n) is 5.11. The van der Waals surface area contributed by atoms with Gasteiger partial charge in [-0.3, -0.25) is 4.79 Å². The predicted molar refractivity (Wildman–Crippen MR) is 69.9 cm³/mol. The summed E-state index contributed by atoms with van der Waals surface area (Å²) < 4.78 is 13.9. The third kappa shape index (κ3) is 1.88. The first kappa shape index (κ1) is 11.6. The van der Waals surface area contributed by atoms with Gasteiger partial charge in [0.15, 0.2) is 0 Å². The molecular weight excluding hydrogens is 248 g/mol. The van der Waals surface area contributed by atoms with Crippen LogP contribution in [0.3, 0.4) is 0 Å². The third-order valence-corrected chi connectivity index (χ3v) is 3.77. The van der Waals surface area contributed by atoms with Crippen molar-refractivity contribution >= 4 is 28.7 Å². The molecule has 0 unspecified atom stereocenters. The molecule has 1 aromatic heterocycles. The first-order chi connectivity index (χ1) is 8.65. The largest absolute Gasteiger partial charge is 0.426 e. The minimum atomic E-state index is -0.143. The maximum Gasteiger partial charge on any atom is 0.311 e. The van der Waals surface area contributed by atoms with Crippen LogP contribution in [0, 0.1) is 5.92 Å². The summed E-state index contributed by atoms with van der Waals surface area (Å²) in [7, 11) is 0. The molecule has 3 rings (SSSR count). The smallest absolute Gasteiger partial charge is 0.311 e. The first-order valence-corrected chi connectivity index (χ1v) is 6.84. The number of nitrogens with zero attached hydrogens (tertiary/aromatic N) is 2. The van der Waals surface area contributed by atoms with Gasteiger partial charge in [-0.05, 0) is 24.5 Å². The van der Waals surface area contributed by atoms with Crippen LogP contribution in [-0.2, 0) is 4.79 Å². The van der Waals surface area contributed by atoms with Gasteiger partial charge in [0, 0.05) is 11.5 Å². The first-order valence-electron chi connectivity index (χ1n) is 6.11. The summed E-state index contributed by atoms with van der Waals surface area (Å²) in [6.07, 6.45) is 1.42. The average Bonchev–Trinajstić information content (AvgIpc) is 2.75. The van der Waals surface area contributed by atoms with E-state index in [0.29, 0.717) is 18.1 Å². The molecule has 0 bridgehead atoms. The summed E-state index contributed by atoms with van der Waals surface area (Å²) >= 11 is 1.21. The van der Waals surface area contributed by atoms with E-state index in [9.17, 15) is 4.79 Å². The molecule has 1 aromatic carbocycles. The summed E-state index contributed by atoms with van der Waals surface area (Å²) in [5, 5.41) is 0. The fourth-order valence-corrected chi connectivity index (χ4v) is 3.12. The SMILES string of the molecule is CC(C)C[C@H]1CC(=O)Oc2ccc3nsnc3c21. The van der Waals surface area contributed by atoms with Crippen molar-refractivity contribution in [2.75, 3.05) is 0 Å². The van der Waals surface area contributed by atoms with Crippen LogP contribution in [0.15, 0.2) is 12.1 Å². The molecule has 5 heteroatoms. The van der Waals surface area contributed by atoms with Gasteiger partial charge < -0.3 is 4.74 Å². The van der Waals surface area contributed by atoms with Crippen molar-refractivity contribution in [2.45, 2.75) is 32.6 Å². The van der Waals surface area contributed by atoms with Crippen LogP contribution >= 0.6 is 11.7 Å². The maximum absolute atomic E-state index is 11.6. The number of carbonyl (C=O) groups excluding carboxylic acids is 1. The summed E-state index contributed by atoms with van der Waals surface area (Å²) in [6, 6.07) is 3.70. The van der Waals surface area contributed by atoms with Crippen LogP contribution in [0.1, 0.15) is 38.2 Å². The van der Waals surface area contributed by atoms with E-state index in [2.05, 4.69) is 22.6 Å². The minimum Gasteiger partial charge on any atom is -0.426 e. The Bertz CT molecular complexity index is 606. The Balaban J connectivity index is 2.15. The molecule has 2 aromatic rings. The quantitative estimate of drug-likeness (QED) is 0.616. The normalized spacial score (nSPS) is 19.1. The Morgan fingerprint density at radius 2 is 2.28 bits per heavy atom. The van der Waals surface area contributed by atoms with Gasteiger partial charge in [-0.1, -0.05) is 13.8 Å². The highest BCUT2D eigenvalue weighted by atomic mass is 32.1. The monoisotopic (exact) mass is 262 g/mol. The molecule has 1 aliphatic rings. The molecular formula is C13H14N2O2S. The zero-order chi connectivity index (χ0) is 12.7. The van der Waals surface area contributed by atoms with E-state index < -0.39 is 0 Å². The van der Waals surface area contributed by atoms with Crippen molar-refractivity contribution in [1.29, 1.82) is 0 Å². The third-order valence-electron chi connectivity index (χ3n) is 3.23. The molecule has 0 aliphatic carbocycles. The van der Waals surface area contributed by atoms with Crippen LogP contribution in [-0.4, -0.2) is 14.7 Å². The van der Waals surface area contributed by atoms with Gasteiger partial charge in [0.05, 0.1) is 18.1 Å². The molecule has 0 spiro atoms. The highest BCUT2D eigenvalue weighted by molar-refractivity contribution is 7.00. The van der Waals surface area contributed by atoms with E-state index in [1.54, 1.807) is 0 Å². The molecule has 0 N–H and O–H groups in total. The fourth-order valence-electron chi connectivity index (χ4n) is 2.57. The minimum absolute atomic E-state index is 0.143. The van der Waals surface area contributed by atoms with E-state index in [1.165, 1.54) is 11.7 Å². The van der Waals surface area contributed by atoms with Crippen LogP contribution in [0.25, 0.3) is 11.0 Å². The number of benzene rings is 1. The van der Waals surface area contributed by atoms with Gasteiger partial charge >= 0.3 is 5.97 Å². The molecule has 18 heavy (non-hydrogen) atoms. The van der Waals surface area contributed by atoms with E-state index in [0.717, 1.165) is 23.0 Å². The lowest BCUT2D eigenvalue weighted by Crippen LogP contribution is -2.21. The Kier molecular flexibility index (Phi) is 2.78. The summed E-state index contributed by atoms with van der Waals surface area (Å²) in [4.78, 5) is 11.6. The number of esters is 1. The van der Waals surface area contributed by atoms with Crippen molar-refractivity contribution in [3.05, 3.63) is 17.7 Å². The van der Waals surface area contributed by atoms with Crippen LogP contribution in [0.2, 0.25) is 0 Å². The molecule has 0 saturated heterocycles. The van der Waals surface area contributed by atoms with Crippen molar-refractivity contribution in [1.82, 2.24) is 8.75 Å². The predicted octanol–water partition coefficient (Wildman–Crippen LogP) is 3.13. The maximum atomic E-state index is 11.6. The van der Waals surface area contributed by atoms with E-state index in [1.807, 2.05) is 12.1 Å². The zero-order valence-electron chi connectivity index (χ0n) is 10.3. The number of hydrogen-bond acceptors (Lipinski definition) is 5. The molecule has 0 amide bonds. The topological polar surface area (TPSA) is 52.1 Å². The van der Waals surface area contributed by atoms with E-state index >= 15 is 0 Å². The Hall–Kier alpha value is -1.49. The van der Waals surface area contributed by atoms with Gasteiger partial charge in [-0.15, -0.1) is 0 Å². The number of hydrogen-bond donors (Lipinski definition) is 0. The Morgan fingerprint density at radius 1 is 1.44 bits per heavy atom. The average molecular weight is 262 g/mol. The van der Waals surface area contributed by atoms with Gasteiger partial charge in [-0.25, -0.2) is 0 Å². The fraction of sp³-hybridized carbons (Fsp3) is 0.462. The molecule has 0 radical (unpaired) electrons. The van der Waals surface area contributed by atoms with Gasteiger partial charge in [0.25, 0.3) is 0 Å². The van der Waals surface area contributed by atoms with Crippen molar-refractivity contribution in [2.24, 2.45) is 5.92 Å². The van der Waals surface area contributed by atoms with Crippen LogP contribution in [0.5, 0.6) is 5.75 Å². The molecule has 0 fully saturated rings. The lowest BCUT2D eigenvalue weighted by molar-refractivity contribution is -0.136. The summed E-state index contributed by atoms with van der Waals surface area (Å²) in [5.74, 6) is 1.26. The van der Waals surface area contributed by atoms with Crippen molar-refractivity contribution in [3.63, 3.8) is 0 Å². The summed E-state index contributed by atoms with van der Waals surface area (Å²) in [6.45, 7) is 4.33. The molecule has 1 aliphatic heterocycles. The number of ether oxygens (including phenoxy) is 1. The van der Waals surface area contributed by atoms with E-state index in [-0.39, 0.29) is 11.9 Å². The van der Waals surface area contributed by atoms with Gasteiger partial charge in [0.2, 0.25) is 0 Å². The highest BCUT2D eigenvalue weighted by Crippen LogP contribution is 2.41. The molecule has 94 valence electrons. The molecule has 4 nitrogen and oxygen atoms in total. The van der Waals surface area contributed by atoms with Gasteiger partial charge in [0.1, 0.15) is 16.8 Å². The number of carbonyl (C=O) groups is 1. The van der Waals surface area contributed by atoms with Crippen LogP contribution < -0.4 is 4.74 Å². The van der Waals surface area contributed by atoms with Gasteiger partial charge in [-0.2, -0.15) is 8.75 Å². The van der Waals surface area contributed by atoms with Crippen molar-refractivity contribution in [3.8, 4) is 5.75 Å². The lowest BCUT2D eigenvalue weighted by Gasteiger charge is -2.25. The highest BCUT2D eigenvalue weighted by Gasteiger charge is 2.30. The second-order valence-corrected chi connectivity index (χ2v) is 5.64. The standard InChI is InChI=1S/C13H14N2O2S/c1-7(2)5-8-6-11(16)17-10-4-3-9-13(12(8)10)15-18-14-9/h3-4,7-8H,5-6H2,1-2H3/t8-/m0/s1. The molecule has 1 atom stereocenters.